The summed E-state index contributed by atoms with van der Waals surface area (Å²) in [5.41, 5.74) is 6.86. The minimum atomic E-state index is 0.270. The lowest BCUT2D eigenvalue weighted by molar-refractivity contribution is 0.619. The molecule has 0 amide bonds. The Bertz CT molecular complexity index is 394. The second-order valence-electron chi connectivity index (χ2n) is 2.29. The third kappa shape index (κ3) is 0.870. The highest BCUT2D eigenvalue weighted by molar-refractivity contribution is 6.33. The van der Waals surface area contributed by atoms with E-state index in [2.05, 4.69) is 0 Å². The molecule has 0 aliphatic carbocycles. The summed E-state index contributed by atoms with van der Waals surface area (Å²) < 4.78 is 5.14. The fourth-order valence-electron chi connectivity index (χ4n) is 1.04. The molecule has 2 nitrogen and oxygen atoms in total. The second-order valence-corrected chi connectivity index (χ2v) is 2.63. The summed E-state index contributed by atoms with van der Waals surface area (Å²) >= 11 is 5.66. The van der Waals surface area contributed by atoms with Gasteiger partial charge in [-0.1, -0.05) is 12.1 Å². The quantitative estimate of drug-likeness (QED) is 0.655. The molecule has 2 aromatic rings. The largest absolute Gasteiger partial charge is 0.442 e. The van der Waals surface area contributed by atoms with E-state index in [1.165, 1.54) is 0 Å². The van der Waals surface area contributed by atoms with E-state index in [0.717, 1.165) is 11.0 Å². The molecular weight excluding hydrogens is 162 g/mol. The Balaban J connectivity index is 2.92. The maximum Gasteiger partial charge on any atom is 0.217 e. The number of hydrogen-bond donors (Lipinski definition) is 1. The maximum absolute atomic E-state index is 5.66. The summed E-state index contributed by atoms with van der Waals surface area (Å²) in [7, 11) is 0. The van der Waals surface area contributed by atoms with E-state index in [9.17, 15) is 0 Å². The van der Waals surface area contributed by atoms with Gasteiger partial charge in [0.1, 0.15) is 5.58 Å². The van der Waals surface area contributed by atoms with Crippen LogP contribution in [-0.2, 0) is 0 Å². The van der Waals surface area contributed by atoms with E-state index < -0.39 is 0 Å². The Kier molecular flexibility index (Phi) is 1.29. The lowest BCUT2D eigenvalue weighted by Crippen LogP contribution is -1.80. The van der Waals surface area contributed by atoms with Gasteiger partial charge in [0, 0.05) is 5.39 Å². The van der Waals surface area contributed by atoms with Gasteiger partial charge in [0.25, 0.3) is 0 Å². The van der Waals surface area contributed by atoms with E-state index >= 15 is 0 Å². The lowest BCUT2D eigenvalue weighted by atomic mass is 10.2. The number of rotatable bonds is 0. The Hall–Kier alpha value is -1.15. The van der Waals surface area contributed by atoms with E-state index in [-0.39, 0.29) is 5.22 Å². The number of hydrogen-bond acceptors (Lipinski definition) is 2. The van der Waals surface area contributed by atoms with Crippen LogP contribution in [0.1, 0.15) is 0 Å². The zero-order valence-electron chi connectivity index (χ0n) is 5.67. The number of furan rings is 1. The zero-order valence-corrected chi connectivity index (χ0v) is 6.43. The van der Waals surface area contributed by atoms with Crippen LogP contribution >= 0.6 is 11.6 Å². The molecule has 0 fully saturated rings. The lowest BCUT2D eigenvalue weighted by Gasteiger charge is -1.85. The van der Waals surface area contributed by atoms with E-state index in [1.54, 1.807) is 0 Å². The van der Waals surface area contributed by atoms with Gasteiger partial charge in [0.05, 0.1) is 5.69 Å². The molecule has 0 spiro atoms. The van der Waals surface area contributed by atoms with Crippen LogP contribution in [0, 0.1) is 0 Å². The first-order valence-electron chi connectivity index (χ1n) is 3.21. The Morgan fingerprint density at radius 1 is 1.27 bits per heavy atom. The van der Waals surface area contributed by atoms with Gasteiger partial charge in [0.2, 0.25) is 5.22 Å². The van der Waals surface area contributed by atoms with Gasteiger partial charge in [0.15, 0.2) is 0 Å². The molecule has 1 aromatic heterocycles. The predicted octanol–water partition coefficient (Wildman–Crippen LogP) is 2.67. The molecule has 11 heavy (non-hydrogen) atoms. The summed E-state index contributed by atoms with van der Waals surface area (Å²) in [4.78, 5) is 0. The van der Waals surface area contributed by atoms with Crippen LogP contribution in [-0.4, -0.2) is 0 Å². The van der Waals surface area contributed by atoms with Crippen LogP contribution in [0.15, 0.2) is 28.7 Å². The van der Waals surface area contributed by atoms with E-state index in [4.69, 9.17) is 21.8 Å². The standard InChI is InChI=1S/C8H6ClNO/c9-8-7(10)5-3-1-2-4-6(5)11-8/h1-4H,10H2. The fraction of sp³-hybridized carbons (Fsp3) is 0. The van der Waals surface area contributed by atoms with Crippen LogP contribution in [0.5, 0.6) is 0 Å². The van der Waals surface area contributed by atoms with Crippen molar-refractivity contribution < 1.29 is 4.42 Å². The number of nitrogens with two attached hydrogens (primary N) is 1. The van der Waals surface area contributed by atoms with Crippen molar-refractivity contribution in [2.75, 3.05) is 5.73 Å². The number of halogens is 1. The molecule has 2 N–H and O–H groups in total. The number of anilines is 1. The smallest absolute Gasteiger partial charge is 0.217 e. The zero-order chi connectivity index (χ0) is 7.84. The van der Waals surface area contributed by atoms with Gasteiger partial charge >= 0.3 is 0 Å². The highest BCUT2D eigenvalue weighted by atomic mass is 35.5. The van der Waals surface area contributed by atoms with Crippen molar-refractivity contribution in [1.29, 1.82) is 0 Å². The molecule has 3 heteroatoms. The van der Waals surface area contributed by atoms with E-state index in [1.807, 2.05) is 24.3 Å². The van der Waals surface area contributed by atoms with Crippen molar-refractivity contribution >= 4 is 28.3 Å². The first kappa shape index (κ1) is 6.55. The fourth-order valence-corrected chi connectivity index (χ4v) is 1.22. The van der Waals surface area contributed by atoms with Crippen molar-refractivity contribution in [2.45, 2.75) is 0 Å². The molecule has 0 bridgehead atoms. The molecule has 56 valence electrons. The highest BCUT2D eigenvalue weighted by Gasteiger charge is 2.06. The first-order chi connectivity index (χ1) is 5.29. The topological polar surface area (TPSA) is 39.2 Å². The van der Waals surface area contributed by atoms with Crippen molar-refractivity contribution in [2.24, 2.45) is 0 Å². The molecule has 0 saturated carbocycles. The Morgan fingerprint density at radius 2 is 2.00 bits per heavy atom. The third-order valence-electron chi connectivity index (χ3n) is 1.59. The van der Waals surface area contributed by atoms with E-state index in [0.29, 0.717) is 5.69 Å². The predicted molar refractivity (Wildman–Crippen MR) is 45.6 cm³/mol. The van der Waals surface area contributed by atoms with Crippen molar-refractivity contribution in [1.82, 2.24) is 0 Å². The summed E-state index contributed by atoms with van der Waals surface area (Å²) in [6.45, 7) is 0. The Morgan fingerprint density at radius 3 is 2.73 bits per heavy atom. The number of fused-ring (bicyclic) bond motifs is 1. The number of para-hydroxylation sites is 1. The average Bonchev–Trinajstić information content (AvgIpc) is 2.30. The summed E-state index contributed by atoms with van der Waals surface area (Å²) in [5, 5.41) is 1.14. The molecule has 0 saturated heterocycles. The van der Waals surface area contributed by atoms with Crippen molar-refractivity contribution in [3.8, 4) is 0 Å². The van der Waals surface area contributed by atoms with Crippen LogP contribution in [0.2, 0.25) is 5.22 Å². The third-order valence-corrected chi connectivity index (χ3v) is 1.87. The molecule has 2 rings (SSSR count). The van der Waals surface area contributed by atoms with Crippen molar-refractivity contribution in [3.05, 3.63) is 29.5 Å². The molecule has 1 heterocycles. The van der Waals surface area contributed by atoms with Gasteiger partial charge in [-0.15, -0.1) is 0 Å². The Labute approximate surface area is 68.6 Å². The monoisotopic (exact) mass is 167 g/mol. The number of nitrogen functional groups attached to an aromatic ring is 1. The van der Waals surface area contributed by atoms with Gasteiger partial charge in [-0.25, -0.2) is 0 Å². The summed E-state index contributed by atoms with van der Waals surface area (Å²) in [6, 6.07) is 7.48. The van der Waals surface area contributed by atoms with Gasteiger partial charge in [-0.2, -0.15) is 0 Å². The molecule has 1 aromatic carbocycles. The van der Waals surface area contributed by atoms with Crippen molar-refractivity contribution in [3.63, 3.8) is 0 Å². The van der Waals surface area contributed by atoms with Crippen LogP contribution in [0.3, 0.4) is 0 Å². The second kappa shape index (κ2) is 2.17. The first-order valence-corrected chi connectivity index (χ1v) is 3.59. The molecule has 0 atom stereocenters. The SMILES string of the molecule is Nc1c(Cl)oc2ccccc12. The maximum atomic E-state index is 5.66. The summed E-state index contributed by atoms with van der Waals surface area (Å²) in [6.07, 6.45) is 0. The van der Waals surface area contributed by atoms with Crippen LogP contribution in [0.4, 0.5) is 5.69 Å². The normalized spacial score (nSPS) is 10.6. The molecule has 0 aliphatic rings. The number of benzene rings is 1. The minimum absolute atomic E-state index is 0.270. The molecule has 0 aliphatic heterocycles. The molecule has 0 unspecified atom stereocenters. The molecule has 0 radical (unpaired) electrons. The van der Waals surface area contributed by atoms with Crippen LogP contribution in [0.25, 0.3) is 11.0 Å². The highest BCUT2D eigenvalue weighted by Crippen LogP contribution is 2.31. The average molecular weight is 168 g/mol. The van der Waals surface area contributed by atoms with Crippen LogP contribution < -0.4 is 5.73 Å². The minimum Gasteiger partial charge on any atom is -0.442 e. The van der Waals surface area contributed by atoms with Gasteiger partial charge < -0.3 is 10.2 Å². The summed E-state index contributed by atoms with van der Waals surface area (Å²) in [5.74, 6) is 0. The van der Waals surface area contributed by atoms with Gasteiger partial charge in [-0.05, 0) is 23.7 Å². The van der Waals surface area contributed by atoms with Gasteiger partial charge in [-0.3, -0.25) is 0 Å². The molecular formula is C8H6ClNO.